The smallest absolute Gasteiger partial charge is 0.273 e. The van der Waals surface area contributed by atoms with Crippen molar-refractivity contribution in [1.29, 1.82) is 5.26 Å². The van der Waals surface area contributed by atoms with Gasteiger partial charge in [-0.3, -0.25) is 9.59 Å². The molecule has 0 aliphatic rings. The Hall–Kier alpha value is -2.42. The number of hydrogen-bond donors (Lipinski definition) is 2. The van der Waals surface area contributed by atoms with Gasteiger partial charge in [-0.2, -0.15) is 10.4 Å². The summed E-state index contributed by atoms with van der Waals surface area (Å²) < 4.78 is 0. The Balaban J connectivity index is 3.17. The van der Waals surface area contributed by atoms with E-state index in [2.05, 4.69) is 15.2 Å². The number of fused-ring (bicyclic) bond motifs is 1. The molecule has 0 saturated heterocycles. The van der Waals surface area contributed by atoms with Crippen LogP contribution in [0.15, 0.2) is 22.0 Å². The molecule has 0 unspecified atom stereocenters. The largest absolute Gasteiger partial charge is 0.327 e. The molecule has 0 amide bonds. The number of aromatic nitrogens is 3. The average molecular weight is 188 g/mol. The van der Waals surface area contributed by atoms with Crippen LogP contribution in [0.25, 0.3) is 10.8 Å². The van der Waals surface area contributed by atoms with Gasteiger partial charge in [0.05, 0.1) is 11.6 Å². The summed E-state index contributed by atoms with van der Waals surface area (Å²) in [5.41, 5.74) is -1.30. The summed E-state index contributed by atoms with van der Waals surface area (Å²) >= 11 is 0. The van der Waals surface area contributed by atoms with Gasteiger partial charge < -0.3 is 4.98 Å². The minimum Gasteiger partial charge on any atom is -0.327 e. The Morgan fingerprint density at radius 3 is 2.86 bits per heavy atom. The lowest BCUT2D eigenvalue weighted by Crippen LogP contribution is -2.17. The van der Waals surface area contributed by atoms with E-state index in [-0.39, 0.29) is 10.9 Å². The van der Waals surface area contributed by atoms with Crippen molar-refractivity contribution in [2.75, 3.05) is 0 Å². The highest BCUT2D eigenvalue weighted by Crippen LogP contribution is 2.06. The van der Waals surface area contributed by atoms with E-state index in [1.807, 2.05) is 0 Å². The van der Waals surface area contributed by atoms with E-state index in [1.54, 1.807) is 6.07 Å². The summed E-state index contributed by atoms with van der Waals surface area (Å²) in [5.74, 6) is 0. The SMILES string of the molecule is N#Cc1c(=O)[nH]cc2cn[nH]c(=O)c12. The van der Waals surface area contributed by atoms with Crippen LogP contribution in [0.1, 0.15) is 5.56 Å². The maximum atomic E-state index is 11.3. The Morgan fingerprint density at radius 1 is 1.36 bits per heavy atom. The summed E-state index contributed by atoms with van der Waals surface area (Å²) in [4.78, 5) is 24.8. The fourth-order valence-corrected chi connectivity index (χ4v) is 1.21. The van der Waals surface area contributed by atoms with Crippen molar-refractivity contribution in [3.8, 4) is 6.07 Å². The summed E-state index contributed by atoms with van der Waals surface area (Å²) in [6.07, 6.45) is 2.72. The van der Waals surface area contributed by atoms with Crippen molar-refractivity contribution in [3.63, 3.8) is 0 Å². The van der Waals surface area contributed by atoms with Crippen LogP contribution in [0.4, 0.5) is 0 Å². The van der Waals surface area contributed by atoms with Crippen LogP contribution in [0.2, 0.25) is 0 Å². The Labute approximate surface area is 76.8 Å². The van der Waals surface area contributed by atoms with Crippen molar-refractivity contribution >= 4 is 10.8 Å². The molecule has 2 rings (SSSR count). The molecule has 0 aliphatic heterocycles. The summed E-state index contributed by atoms with van der Waals surface area (Å²) in [7, 11) is 0. The third-order valence-electron chi connectivity index (χ3n) is 1.83. The number of rotatable bonds is 0. The molecule has 2 aromatic rings. The van der Waals surface area contributed by atoms with Crippen LogP contribution in [0.5, 0.6) is 0 Å². The highest BCUT2D eigenvalue weighted by Gasteiger charge is 2.08. The molecule has 0 saturated carbocycles. The van der Waals surface area contributed by atoms with Gasteiger partial charge in [-0.1, -0.05) is 0 Å². The lowest BCUT2D eigenvalue weighted by molar-refractivity contribution is 1.01. The molecule has 6 nitrogen and oxygen atoms in total. The zero-order chi connectivity index (χ0) is 10.1. The first kappa shape index (κ1) is 8.19. The second-order valence-corrected chi connectivity index (χ2v) is 2.63. The van der Waals surface area contributed by atoms with E-state index in [0.29, 0.717) is 5.39 Å². The van der Waals surface area contributed by atoms with Gasteiger partial charge in [0.2, 0.25) is 0 Å². The highest BCUT2D eigenvalue weighted by atomic mass is 16.1. The number of aromatic amines is 2. The molecular weight excluding hydrogens is 184 g/mol. The van der Waals surface area contributed by atoms with E-state index in [0.717, 1.165) is 0 Å². The van der Waals surface area contributed by atoms with E-state index in [4.69, 9.17) is 5.26 Å². The number of hydrogen-bond acceptors (Lipinski definition) is 4. The molecule has 14 heavy (non-hydrogen) atoms. The van der Waals surface area contributed by atoms with Crippen molar-refractivity contribution in [2.45, 2.75) is 0 Å². The maximum Gasteiger partial charge on any atom is 0.273 e. The standard InChI is InChI=1S/C8H4N4O2/c9-1-5-6-4(2-10-7(5)13)3-11-12-8(6)14/h2-3H,(H,10,13)(H,12,14). The van der Waals surface area contributed by atoms with Crippen LogP contribution in [0, 0.1) is 11.3 Å². The van der Waals surface area contributed by atoms with Crippen molar-refractivity contribution in [1.82, 2.24) is 15.2 Å². The van der Waals surface area contributed by atoms with Gasteiger partial charge in [0, 0.05) is 11.6 Å². The van der Waals surface area contributed by atoms with Gasteiger partial charge in [-0.15, -0.1) is 0 Å². The molecule has 0 radical (unpaired) electrons. The fourth-order valence-electron chi connectivity index (χ4n) is 1.21. The van der Waals surface area contributed by atoms with Gasteiger partial charge in [0.1, 0.15) is 11.6 Å². The molecule has 2 heterocycles. The molecule has 2 aromatic heterocycles. The molecule has 0 atom stereocenters. The van der Waals surface area contributed by atoms with E-state index < -0.39 is 11.1 Å². The zero-order valence-electron chi connectivity index (χ0n) is 6.87. The van der Waals surface area contributed by atoms with Crippen molar-refractivity contribution in [3.05, 3.63) is 38.7 Å². The predicted octanol–water partition coefficient (Wildman–Crippen LogP) is -0.517. The predicted molar refractivity (Wildman–Crippen MR) is 47.7 cm³/mol. The average Bonchev–Trinajstić information content (AvgIpc) is 2.19. The second-order valence-electron chi connectivity index (χ2n) is 2.63. The van der Waals surface area contributed by atoms with Gasteiger partial charge in [0.25, 0.3) is 11.1 Å². The molecular formula is C8H4N4O2. The second kappa shape index (κ2) is 2.81. The quantitative estimate of drug-likeness (QED) is 0.580. The van der Waals surface area contributed by atoms with E-state index >= 15 is 0 Å². The van der Waals surface area contributed by atoms with Crippen LogP contribution in [-0.2, 0) is 0 Å². The first-order valence-electron chi connectivity index (χ1n) is 3.73. The molecule has 0 fully saturated rings. The Morgan fingerprint density at radius 2 is 2.14 bits per heavy atom. The lowest BCUT2D eigenvalue weighted by Gasteiger charge is -1.95. The molecule has 0 aromatic carbocycles. The van der Waals surface area contributed by atoms with Gasteiger partial charge >= 0.3 is 0 Å². The molecule has 2 N–H and O–H groups in total. The molecule has 0 spiro atoms. The van der Waals surface area contributed by atoms with Gasteiger partial charge in [-0.05, 0) is 0 Å². The minimum absolute atomic E-state index is 0.0752. The van der Waals surface area contributed by atoms with Crippen molar-refractivity contribution in [2.24, 2.45) is 0 Å². The number of nitrogens with one attached hydrogen (secondary N) is 2. The van der Waals surface area contributed by atoms with E-state index in [9.17, 15) is 9.59 Å². The Bertz CT molecular complexity index is 647. The third kappa shape index (κ3) is 0.998. The number of nitriles is 1. The number of nitrogens with zero attached hydrogens (tertiary/aromatic N) is 2. The van der Waals surface area contributed by atoms with Crippen LogP contribution >= 0.6 is 0 Å². The van der Waals surface area contributed by atoms with E-state index in [1.165, 1.54) is 12.4 Å². The van der Waals surface area contributed by atoms with Crippen molar-refractivity contribution < 1.29 is 0 Å². The molecule has 68 valence electrons. The first-order valence-corrected chi connectivity index (χ1v) is 3.73. The number of pyridine rings is 1. The zero-order valence-corrected chi connectivity index (χ0v) is 6.87. The molecule has 0 aliphatic carbocycles. The minimum atomic E-state index is -0.572. The first-order chi connectivity index (χ1) is 6.74. The fraction of sp³-hybridized carbons (Fsp3) is 0. The summed E-state index contributed by atoms with van der Waals surface area (Å²) in [5, 5.41) is 14.9. The Kier molecular flexibility index (Phi) is 1.65. The highest BCUT2D eigenvalue weighted by molar-refractivity contribution is 5.84. The summed E-state index contributed by atoms with van der Waals surface area (Å²) in [6, 6.07) is 1.69. The van der Waals surface area contributed by atoms with Gasteiger partial charge in [-0.25, -0.2) is 5.10 Å². The molecule has 6 heteroatoms. The van der Waals surface area contributed by atoms with Crippen LogP contribution in [-0.4, -0.2) is 15.2 Å². The number of H-pyrrole nitrogens is 2. The normalized spacial score (nSPS) is 9.93. The summed E-state index contributed by atoms with van der Waals surface area (Å²) in [6.45, 7) is 0. The monoisotopic (exact) mass is 188 g/mol. The third-order valence-corrected chi connectivity index (χ3v) is 1.83. The van der Waals surface area contributed by atoms with Crippen LogP contribution in [0.3, 0.4) is 0 Å². The van der Waals surface area contributed by atoms with Crippen LogP contribution < -0.4 is 11.1 Å². The lowest BCUT2D eigenvalue weighted by atomic mass is 10.1. The van der Waals surface area contributed by atoms with Gasteiger partial charge in [0.15, 0.2) is 0 Å². The maximum absolute atomic E-state index is 11.3. The molecule has 0 bridgehead atoms. The topological polar surface area (TPSA) is 102 Å².